The van der Waals surface area contributed by atoms with E-state index in [1.807, 2.05) is 12.1 Å². The second-order valence-corrected chi connectivity index (χ2v) is 4.88. The number of nitrogens with one attached hydrogen (secondary N) is 1. The van der Waals surface area contributed by atoms with Gasteiger partial charge in [-0.1, -0.05) is 24.3 Å². The third-order valence-electron chi connectivity index (χ3n) is 3.24. The van der Waals surface area contributed by atoms with E-state index in [-0.39, 0.29) is 5.82 Å². The lowest BCUT2D eigenvalue weighted by molar-refractivity contribution is 0.416. The molecule has 0 bridgehead atoms. The quantitative estimate of drug-likeness (QED) is 0.785. The smallest absolute Gasteiger partial charge is 0.123 e. The van der Waals surface area contributed by atoms with Gasteiger partial charge in [0.25, 0.3) is 0 Å². The minimum Gasteiger partial charge on any atom is -0.311 e. The van der Waals surface area contributed by atoms with E-state index in [0.29, 0.717) is 12.1 Å². The van der Waals surface area contributed by atoms with Gasteiger partial charge in [-0.15, -0.1) is 0 Å². The van der Waals surface area contributed by atoms with Crippen LogP contribution in [0.3, 0.4) is 0 Å². The van der Waals surface area contributed by atoms with Crippen molar-refractivity contribution in [3.63, 3.8) is 0 Å². The Labute approximate surface area is 103 Å². The lowest BCUT2D eigenvalue weighted by Gasteiger charge is -2.24. The molecule has 0 heterocycles. The van der Waals surface area contributed by atoms with Gasteiger partial charge in [0, 0.05) is 12.1 Å². The first-order valence-electron chi connectivity index (χ1n) is 6.39. The Bertz CT molecular complexity index is 369. The van der Waals surface area contributed by atoms with Gasteiger partial charge in [-0.2, -0.15) is 0 Å². The highest BCUT2D eigenvalue weighted by Crippen LogP contribution is 2.12. The minimum atomic E-state index is -0.160. The van der Waals surface area contributed by atoms with Crippen LogP contribution in [0, 0.1) is 5.82 Å². The van der Waals surface area contributed by atoms with Crippen molar-refractivity contribution in [2.24, 2.45) is 0 Å². The van der Waals surface area contributed by atoms with E-state index in [2.05, 4.69) is 24.4 Å². The van der Waals surface area contributed by atoms with E-state index in [4.69, 9.17) is 0 Å². The molecule has 1 aliphatic carbocycles. The first kappa shape index (κ1) is 12.3. The molecule has 1 aromatic rings. The molecule has 0 aliphatic heterocycles. The van der Waals surface area contributed by atoms with Crippen molar-refractivity contribution >= 4 is 0 Å². The molecule has 1 N–H and O–H groups in total. The first-order chi connectivity index (χ1) is 8.24. The Morgan fingerprint density at radius 2 is 2.06 bits per heavy atom. The predicted octanol–water partition coefficient (Wildman–Crippen LogP) is 3.46. The fourth-order valence-corrected chi connectivity index (χ4v) is 2.38. The first-order valence-corrected chi connectivity index (χ1v) is 6.39. The van der Waals surface area contributed by atoms with E-state index in [1.54, 1.807) is 0 Å². The lowest BCUT2D eigenvalue weighted by atomic mass is 9.99. The Kier molecular flexibility index (Phi) is 4.32. The van der Waals surface area contributed by atoms with Gasteiger partial charge in [0.15, 0.2) is 0 Å². The van der Waals surface area contributed by atoms with E-state index in [1.165, 1.54) is 30.5 Å². The van der Waals surface area contributed by atoms with E-state index < -0.39 is 0 Å². The van der Waals surface area contributed by atoms with Crippen molar-refractivity contribution in [3.8, 4) is 0 Å². The molecule has 2 heteroatoms. The molecular formula is C15H20FN. The zero-order valence-corrected chi connectivity index (χ0v) is 10.3. The average Bonchev–Trinajstić information content (AvgIpc) is 2.33. The number of halogens is 1. The third-order valence-corrected chi connectivity index (χ3v) is 3.24. The van der Waals surface area contributed by atoms with Crippen LogP contribution in [-0.4, -0.2) is 12.1 Å². The van der Waals surface area contributed by atoms with Gasteiger partial charge < -0.3 is 5.32 Å². The second kappa shape index (κ2) is 5.97. The van der Waals surface area contributed by atoms with Crippen LogP contribution >= 0.6 is 0 Å². The van der Waals surface area contributed by atoms with E-state index >= 15 is 0 Å². The molecule has 0 fully saturated rings. The summed E-state index contributed by atoms with van der Waals surface area (Å²) in [5.74, 6) is -0.160. The Morgan fingerprint density at radius 3 is 2.71 bits per heavy atom. The molecule has 0 amide bonds. The van der Waals surface area contributed by atoms with Crippen LogP contribution in [0.5, 0.6) is 0 Å². The topological polar surface area (TPSA) is 12.0 Å². The zero-order valence-electron chi connectivity index (χ0n) is 10.3. The predicted molar refractivity (Wildman–Crippen MR) is 69.5 cm³/mol. The van der Waals surface area contributed by atoms with Crippen molar-refractivity contribution in [2.75, 3.05) is 0 Å². The highest BCUT2D eigenvalue weighted by Gasteiger charge is 2.12. The monoisotopic (exact) mass is 233 g/mol. The summed E-state index contributed by atoms with van der Waals surface area (Å²) in [6, 6.07) is 7.85. The lowest BCUT2D eigenvalue weighted by Crippen LogP contribution is -2.38. The minimum absolute atomic E-state index is 0.160. The normalized spacial score (nSPS) is 21.4. The summed E-state index contributed by atoms with van der Waals surface area (Å²) < 4.78 is 12.8. The standard InChI is InChI=1S/C15H20FN/c1-12(17-15-5-3-2-4-6-15)11-13-7-9-14(16)10-8-13/h2-3,7-10,12,15,17H,4-6,11H2,1H3. The van der Waals surface area contributed by atoms with E-state index in [0.717, 1.165) is 12.8 Å². The number of hydrogen-bond acceptors (Lipinski definition) is 1. The van der Waals surface area contributed by atoms with Gasteiger partial charge >= 0.3 is 0 Å². The fraction of sp³-hybridized carbons (Fsp3) is 0.467. The summed E-state index contributed by atoms with van der Waals surface area (Å²) in [6.07, 6.45) is 9.01. The SMILES string of the molecule is CC(Cc1ccc(F)cc1)NC1CC=CCC1. The van der Waals surface area contributed by atoms with Crippen molar-refractivity contribution in [2.45, 2.75) is 44.7 Å². The van der Waals surface area contributed by atoms with Gasteiger partial charge in [-0.25, -0.2) is 4.39 Å². The summed E-state index contributed by atoms with van der Waals surface area (Å²) in [4.78, 5) is 0. The molecule has 0 saturated heterocycles. The zero-order chi connectivity index (χ0) is 12.1. The molecule has 92 valence electrons. The molecule has 0 spiro atoms. The van der Waals surface area contributed by atoms with Crippen LogP contribution in [0.2, 0.25) is 0 Å². The van der Waals surface area contributed by atoms with Crippen molar-refractivity contribution in [3.05, 3.63) is 47.8 Å². The summed E-state index contributed by atoms with van der Waals surface area (Å²) >= 11 is 0. The van der Waals surface area contributed by atoms with Crippen LogP contribution < -0.4 is 5.32 Å². The van der Waals surface area contributed by atoms with Crippen LogP contribution in [0.4, 0.5) is 4.39 Å². The summed E-state index contributed by atoms with van der Waals surface area (Å²) in [5.41, 5.74) is 1.19. The van der Waals surface area contributed by atoms with Crippen molar-refractivity contribution < 1.29 is 4.39 Å². The molecule has 2 rings (SSSR count). The molecule has 0 radical (unpaired) electrons. The van der Waals surface area contributed by atoms with Crippen LogP contribution in [-0.2, 0) is 6.42 Å². The van der Waals surface area contributed by atoms with Gasteiger partial charge in [0.2, 0.25) is 0 Å². The fourth-order valence-electron chi connectivity index (χ4n) is 2.38. The average molecular weight is 233 g/mol. The molecule has 1 nitrogen and oxygen atoms in total. The second-order valence-electron chi connectivity index (χ2n) is 4.88. The van der Waals surface area contributed by atoms with E-state index in [9.17, 15) is 4.39 Å². The van der Waals surface area contributed by atoms with Gasteiger partial charge in [-0.05, 0) is 50.3 Å². The maximum Gasteiger partial charge on any atom is 0.123 e. The highest BCUT2D eigenvalue weighted by atomic mass is 19.1. The Morgan fingerprint density at radius 1 is 1.29 bits per heavy atom. The van der Waals surface area contributed by atoms with Crippen molar-refractivity contribution in [1.29, 1.82) is 0 Å². The Hall–Kier alpha value is -1.15. The molecule has 0 aromatic heterocycles. The van der Waals surface area contributed by atoms with Crippen molar-refractivity contribution in [1.82, 2.24) is 5.32 Å². The molecule has 0 saturated carbocycles. The number of benzene rings is 1. The van der Waals surface area contributed by atoms with Gasteiger partial charge in [0.1, 0.15) is 5.82 Å². The van der Waals surface area contributed by atoms with Crippen LogP contribution in [0.1, 0.15) is 31.7 Å². The number of allylic oxidation sites excluding steroid dienone is 1. The van der Waals surface area contributed by atoms with Gasteiger partial charge in [-0.3, -0.25) is 0 Å². The maximum absolute atomic E-state index is 12.8. The third kappa shape index (κ3) is 3.97. The molecule has 1 aromatic carbocycles. The number of hydrogen-bond donors (Lipinski definition) is 1. The summed E-state index contributed by atoms with van der Waals surface area (Å²) in [7, 11) is 0. The highest BCUT2D eigenvalue weighted by molar-refractivity contribution is 5.17. The molecular weight excluding hydrogens is 213 g/mol. The molecule has 17 heavy (non-hydrogen) atoms. The van der Waals surface area contributed by atoms with Gasteiger partial charge in [0.05, 0.1) is 0 Å². The molecule has 1 aliphatic rings. The number of rotatable bonds is 4. The largest absolute Gasteiger partial charge is 0.311 e. The van der Waals surface area contributed by atoms with Crippen LogP contribution in [0.15, 0.2) is 36.4 Å². The summed E-state index contributed by atoms with van der Waals surface area (Å²) in [5, 5.41) is 3.64. The molecule has 2 unspecified atom stereocenters. The Balaban J connectivity index is 1.82. The maximum atomic E-state index is 12.8. The summed E-state index contributed by atoms with van der Waals surface area (Å²) in [6.45, 7) is 2.20. The van der Waals surface area contributed by atoms with Crippen LogP contribution in [0.25, 0.3) is 0 Å². The molecule has 2 atom stereocenters.